The maximum absolute atomic E-state index is 12.2. The molecule has 5 nitrogen and oxygen atoms in total. The van der Waals surface area contributed by atoms with Crippen molar-refractivity contribution in [2.45, 2.75) is 0 Å². The molecule has 0 atom stereocenters. The summed E-state index contributed by atoms with van der Waals surface area (Å²) in [4.78, 5) is 12.2. The smallest absolute Gasteiger partial charge is 0.290 e. The zero-order valence-corrected chi connectivity index (χ0v) is 9.70. The van der Waals surface area contributed by atoms with Gasteiger partial charge in [0.15, 0.2) is 11.0 Å². The number of hydrogen-bond acceptors (Lipinski definition) is 3. The third-order valence-corrected chi connectivity index (χ3v) is 2.96. The normalized spacial score (nSPS) is 10.9. The molecule has 0 radical (unpaired) electrons. The van der Waals surface area contributed by atoms with Crippen LogP contribution in [-0.2, 0) is 0 Å². The van der Waals surface area contributed by atoms with E-state index in [9.17, 15) is 10.1 Å². The van der Waals surface area contributed by atoms with Crippen LogP contribution in [0.4, 0.5) is 0 Å². The van der Waals surface area contributed by atoms with Crippen molar-refractivity contribution in [1.82, 2.24) is 4.73 Å². The molecule has 0 spiro atoms. The van der Waals surface area contributed by atoms with Gasteiger partial charge in [-0.05, 0) is 12.1 Å². The maximum atomic E-state index is 12.2. The lowest BCUT2D eigenvalue weighted by Crippen LogP contribution is -2.20. The summed E-state index contributed by atoms with van der Waals surface area (Å²) in [5, 5.41) is 10.2. The number of para-hydroxylation sites is 2. The molecule has 18 heavy (non-hydrogen) atoms. The van der Waals surface area contributed by atoms with Crippen LogP contribution in [0.15, 0.2) is 42.5 Å². The molecule has 0 unspecified atom stereocenters. The molecule has 1 heterocycles. The summed E-state index contributed by atoms with van der Waals surface area (Å²) in [6.07, 6.45) is 0. The number of benzene rings is 2. The van der Waals surface area contributed by atoms with Gasteiger partial charge in [0.2, 0.25) is 0 Å². The second-order valence-corrected chi connectivity index (χ2v) is 3.95. The van der Waals surface area contributed by atoms with E-state index in [1.165, 1.54) is 7.11 Å². The molecule has 1 aromatic heterocycles. The summed E-state index contributed by atoms with van der Waals surface area (Å²) < 4.78 is 6.90. The molecule has 5 heteroatoms. The Morgan fingerprint density at radius 1 is 1.11 bits per heavy atom. The van der Waals surface area contributed by atoms with Gasteiger partial charge in [-0.1, -0.05) is 12.1 Å². The van der Waals surface area contributed by atoms with E-state index in [1.807, 2.05) is 0 Å². The van der Waals surface area contributed by atoms with Crippen molar-refractivity contribution in [3.05, 3.63) is 47.4 Å². The Bertz CT molecular complexity index is 808. The summed E-state index contributed by atoms with van der Waals surface area (Å²) in [5.74, 6) is 0.584. The topological polar surface area (TPSA) is 57.4 Å². The Morgan fingerprint density at radius 2 is 1.83 bits per heavy atom. The molecule has 0 amide bonds. The minimum absolute atomic E-state index is 0.386. The van der Waals surface area contributed by atoms with E-state index < -0.39 is 0 Å². The van der Waals surface area contributed by atoms with E-state index in [0.717, 1.165) is 9.16 Å². The van der Waals surface area contributed by atoms with E-state index in [4.69, 9.17) is 4.74 Å². The van der Waals surface area contributed by atoms with Crippen molar-refractivity contribution in [2.24, 2.45) is 0 Å². The Kier molecular flexibility index (Phi) is 2.19. The van der Waals surface area contributed by atoms with E-state index in [-0.39, 0.29) is 0 Å². The van der Waals surface area contributed by atoms with Gasteiger partial charge in [-0.25, -0.2) is 0 Å². The minimum atomic E-state index is 0.386. The van der Waals surface area contributed by atoms with Crippen molar-refractivity contribution in [3.63, 3.8) is 0 Å². The third-order valence-electron chi connectivity index (χ3n) is 2.96. The molecule has 0 bridgehead atoms. The molecular weight excluding hydrogens is 232 g/mol. The van der Waals surface area contributed by atoms with E-state index >= 15 is 0 Å². The number of ether oxygens (including phenoxy) is 1. The third kappa shape index (κ3) is 1.34. The molecule has 0 fully saturated rings. The fourth-order valence-electron chi connectivity index (χ4n) is 2.05. The second-order valence-electron chi connectivity index (χ2n) is 3.95. The Balaban J connectivity index is 2.58. The van der Waals surface area contributed by atoms with Gasteiger partial charge in [0, 0.05) is 23.1 Å². The average molecular weight is 243 g/mol. The highest BCUT2D eigenvalue weighted by atomic mass is 16.5. The summed E-state index contributed by atoms with van der Waals surface area (Å²) in [6, 6.07) is 11.8. The monoisotopic (exact) mass is 243 g/mol. The van der Waals surface area contributed by atoms with Crippen molar-refractivity contribution >= 4 is 22.1 Å². The van der Waals surface area contributed by atoms with Crippen molar-refractivity contribution in [3.8, 4) is 5.75 Å². The Labute approximate surface area is 102 Å². The molecule has 0 saturated heterocycles. The number of nitrogens with zero attached hydrogens (tertiary/aromatic N) is 2. The summed E-state index contributed by atoms with van der Waals surface area (Å²) in [5.41, 5.74) is 1.66. The predicted octanol–water partition coefficient (Wildman–Crippen LogP) is 1.95. The minimum Gasteiger partial charge on any atom is -0.497 e. The number of rotatable bonds is 1. The zero-order valence-electron chi connectivity index (χ0n) is 9.70. The average Bonchev–Trinajstić information content (AvgIpc) is 2.44. The quantitative estimate of drug-likeness (QED) is 0.404. The first-order valence-electron chi connectivity index (χ1n) is 5.45. The maximum Gasteiger partial charge on any atom is 0.290 e. The lowest BCUT2D eigenvalue weighted by atomic mass is 10.2. The number of aromatic nitrogens is 2. The standard InChI is InChI=1S/C13H11N2O3/c1-18-9-6-7-12-13(8-9)15(17)11-5-3-2-4-10(11)14(12)16/h2-8,17H,1H3/q+1. The van der Waals surface area contributed by atoms with Gasteiger partial charge >= 0.3 is 0 Å². The lowest BCUT2D eigenvalue weighted by Gasteiger charge is -2.04. The van der Waals surface area contributed by atoms with Gasteiger partial charge in [-0.2, -0.15) is 4.73 Å². The van der Waals surface area contributed by atoms with Crippen LogP contribution in [0, 0.1) is 4.91 Å². The van der Waals surface area contributed by atoms with Crippen LogP contribution in [0.2, 0.25) is 0 Å². The number of hydrogen-bond donors (Lipinski definition) is 1. The van der Waals surface area contributed by atoms with Crippen LogP contribution < -0.4 is 9.16 Å². The summed E-state index contributed by atoms with van der Waals surface area (Å²) in [7, 11) is 1.54. The van der Waals surface area contributed by atoms with Gasteiger partial charge in [-0.15, -0.1) is 0 Å². The molecular formula is C13H11N2O3+. The van der Waals surface area contributed by atoms with Gasteiger partial charge in [-0.3, -0.25) is 0 Å². The fourth-order valence-corrected chi connectivity index (χ4v) is 2.05. The van der Waals surface area contributed by atoms with Crippen LogP contribution in [0.25, 0.3) is 22.1 Å². The Morgan fingerprint density at radius 3 is 2.61 bits per heavy atom. The van der Waals surface area contributed by atoms with E-state index in [1.54, 1.807) is 42.5 Å². The first-order chi connectivity index (χ1) is 8.72. The first kappa shape index (κ1) is 10.6. The lowest BCUT2D eigenvalue weighted by molar-refractivity contribution is -0.433. The van der Waals surface area contributed by atoms with Crippen LogP contribution in [0.5, 0.6) is 5.75 Å². The molecule has 90 valence electrons. The van der Waals surface area contributed by atoms with Crippen LogP contribution in [0.1, 0.15) is 0 Å². The van der Waals surface area contributed by atoms with Gasteiger partial charge in [0.25, 0.3) is 11.0 Å². The SMILES string of the molecule is COc1ccc2c(c1)n(O)c1ccccc1[n+]2=O. The molecule has 3 aromatic rings. The molecule has 3 rings (SSSR count). The van der Waals surface area contributed by atoms with Crippen LogP contribution >= 0.6 is 0 Å². The highest BCUT2D eigenvalue weighted by Crippen LogP contribution is 2.20. The zero-order chi connectivity index (χ0) is 12.7. The molecule has 0 aliphatic heterocycles. The van der Waals surface area contributed by atoms with Crippen molar-refractivity contribution in [2.75, 3.05) is 7.11 Å². The van der Waals surface area contributed by atoms with E-state index in [2.05, 4.69) is 0 Å². The predicted molar refractivity (Wildman–Crippen MR) is 66.5 cm³/mol. The van der Waals surface area contributed by atoms with Gasteiger partial charge < -0.3 is 9.94 Å². The summed E-state index contributed by atoms with van der Waals surface area (Å²) in [6.45, 7) is 0. The first-order valence-corrected chi connectivity index (χ1v) is 5.45. The van der Waals surface area contributed by atoms with Crippen molar-refractivity contribution in [1.29, 1.82) is 0 Å². The molecule has 0 aliphatic carbocycles. The second kappa shape index (κ2) is 3.73. The van der Waals surface area contributed by atoms with Gasteiger partial charge in [0.1, 0.15) is 5.75 Å². The molecule has 0 aliphatic rings. The Hall–Kier alpha value is -2.56. The largest absolute Gasteiger partial charge is 0.497 e. The molecule has 1 N–H and O–H groups in total. The highest BCUT2D eigenvalue weighted by Gasteiger charge is 2.18. The van der Waals surface area contributed by atoms with Crippen LogP contribution in [-0.4, -0.2) is 17.0 Å². The highest BCUT2D eigenvalue weighted by molar-refractivity contribution is 5.82. The molecule has 2 aromatic carbocycles. The fraction of sp³-hybridized carbons (Fsp3) is 0.0769. The van der Waals surface area contributed by atoms with E-state index in [0.29, 0.717) is 27.8 Å². The van der Waals surface area contributed by atoms with Crippen molar-refractivity contribution < 1.29 is 14.4 Å². The van der Waals surface area contributed by atoms with Crippen LogP contribution in [0.3, 0.4) is 0 Å². The number of fused-ring (bicyclic) bond motifs is 2. The summed E-state index contributed by atoms with van der Waals surface area (Å²) >= 11 is 0. The number of methoxy groups -OCH3 is 1. The van der Waals surface area contributed by atoms with Gasteiger partial charge in [0.05, 0.1) is 11.5 Å². The molecule has 0 saturated carbocycles.